The molecule has 0 aromatic carbocycles. The van der Waals surface area contributed by atoms with Crippen LogP contribution in [0.25, 0.3) is 0 Å². The maximum absolute atomic E-state index is 5.35. The van der Waals surface area contributed by atoms with Gasteiger partial charge in [-0.15, -0.1) is 0 Å². The van der Waals surface area contributed by atoms with E-state index in [4.69, 9.17) is 16.2 Å². The second-order valence-corrected chi connectivity index (χ2v) is 3.78. The first-order chi connectivity index (χ1) is 7.13. The normalized spacial score (nSPS) is 9.60. The summed E-state index contributed by atoms with van der Waals surface area (Å²) < 4.78 is 5.35. The fraction of sp³-hybridized carbons (Fsp3) is 0.750. The van der Waals surface area contributed by atoms with Crippen molar-refractivity contribution < 1.29 is 4.74 Å². The molecule has 0 unspecified atom stereocenters. The first-order valence-electron chi connectivity index (χ1n) is 4.77. The lowest BCUT2D eigenvalue weighted by atomic mass is 10.4. The highest BCUT2D eigenvalue weighted by atomic mass is 32.1. The molecule has 7 heteroatoms. The number of nitrogens with two attached hydrogens (primary N) is 2. The lowest BCUT2D eigenvalue weighted by Gasteiger charge is -2.06. The third kappa shape index (κ3) is 13.3. The second kappa shape index (κ2) is 9.88. The lowest BCUT2D eigenvalue weighted by Crippen LogP contribution is -2.31. The third-order valence-corrected chi connectivity index (χ3v) is 1.82. The van der Waals surface area contributed by atoms with Gasteiger partial charge in [-0.25, -0.2) is 0 Å². The molecule has 5 nitrogen and oxygen atoms in total. The van der Waals surface area contributed by atoms with Gasteiger partial charge in [-0.05, 0) is 37.3 Å². The smallest absolute Gasteiger partial charge is 0.163 e. The lowest BCUT2D eigenvalue weighted by molar-refractivity contribution is 0.131. The maximum atomic E-state index is 5.35. The van der Waals surface area contributed by atoms with Crippen LogP contribution in [0.3, 0.4) is 0 Å². The van der Waals surface area contributed by atoms with Crippen LogP contribution >= 0.6 is 24.4 Å². The fourth-order valence-electron chi connectivity index (χ4n) is 0.874. The standard InChI is InChI=1S/C8H18N4OS2/c9-7(14)11-3-1-5-13-6-2-4-12-8(10)15/h1-6H2,(H3,9,11,14)(H3,10,12,15). The van der Waals surface area contributed by atoms with E-state index < -0.39 is 0 Å². The molecular formula is C8H18N4OS2. The van der Waals surface area contributed by atoms with Gasteiger partial charge in [-0.3, -0.25) is 0 Å². The zero-order valence-electron chi connectivity index (χ0n) is 8.62. The SMILES string of the molecule is NC(=S)NCCCOCCCNC(N)=S. The van der Waals surface area contributed by atoms with Gasteiger partial charge >= 0.3 is 0 Å². The van der Waals surface area contributed by atoms with Gasteiger partial charge < -0.3 is 26.8 Å². The van der Waals surface area contributed by atoms with Gasteiger partial charge in [0.1, 0.15) is 0 Å². The van der Waals surface area contributed by atoms with Gasteiger partial charge in [0.15, 0.2) is 10.2 Å². The quantitative estimate of drug-likeness (QED) is 0.340. The Labute approximate surface area is 101 Å². The van der Waals surface area contributed by atoms with Crippen LogP contribution in [0.5, 0.6) is 0 Å². The first-order valence-corrected chi connectivity index (χ1v) is 5.59. The van der Waals surface area contributed by atoms with Crippen LogP contribution in [0.2, 0.25) is 0 Å². The first kappa shape index (κ1) is 14.3. The molecule has 0 spiro atoms. The van der Waals surface area contributed by atoms with Crippen molar-refractivity contribution in [3.8, 4) is 0 Å². The van der Waals surface area contributed by atoms with Gasteiger partial charge in [0.25, 0.3) is 0 Å². The van der Waals surface area contributed by atoms with E-state index in [0.29, 0.717) is 23.4 Å². The van der Waals surface area contributed by atoms with Crippen molar-refractivity contribution in [1.82, 2.24) is 10.6 Å². The van der Waals surface area contributed by atoms with Crippen molar-refractivity contribution in [2.75, 3.05) is 26.3 Å². The van der Waals surface area contributed by atoms with Crippen LogP contribution < -0.4 is 22.1 Å². The van der Waals surface area contributed by atoms with E-state index in [9.17, 15) is 0 Å². The summed E-state index contributed by atoms with van der Waals surface area (Å²) in [7, 11) is 0. The highest BCUT2D eigenvalue weighted by Gasteiger charge is 1.91. The van der Waals surface area contributed by atoms with Crippen molar-refractivity contribution in [3.63, 3.8) is 0 Å². The molecule has 0 saturated carbocycles. The molecule has 88 valence electrons. The molecule has 0 bridgehead atoms. The molecule has 0 aliphatic heterocycles. The molecule has 0 aliphatic carbocycles. The predicted molar refractivity (Wildman–Crippen MR) is 69.6 cm³/mol. The summed E-state index contributed by atoms with van der Waals surface area (Å²) in [6.45, 7) is 2.90. The highest BCUT2D eigenvalue weighted by molar-refractivity contribution is 7.80. The maximum Gasteiger partial charge on any atom is 0.163 e. The Hall–Kier alpha value is -0.660. The Morgan fingerprint density at radius 1 is 0.933 bits per heavy atom. The molecule has 0 aliphatic rings. The summed E-state index contributed by atoms with van der Waals surface area (Å²) >= 11 is 9.30. The van der Waals surface area contributed by atoms with E-state index in [2.05, 4.69) is 35.1 Å². The predicted octanol–water partition coefficient (Wildman–Crippen LogP) is -0.550. The zero-order chi connectivity index (χ0) is 11.5. The molecule has 0 fully saturated rings. The number of nitrogens with one attached hydrogen (secondary N) is 2. The minimum Gasteiger partial charge on any atom is -0.381 e. The zero-order valence-corrected chi connectivity index (χ0v) is 10.3. The van der Waals surface area contributed by atoms with Gasteiger partial charge in [0.05, 0.1) is 0 Å². The average Bonchev–Trinajstić information content (AvgIpc) is 2.14. The molecule has 6 N–H and O–H groups in total. The average molecular weight is 250 g/mol. The number of hydrogen-bond acceptors (Lipinski definition) is 3. The Balaban J connectivity index is 2.99. The number of ether oxygens (including phenoxy) is 1. The van der Waals surface area contributed by atoms with Crippen LogP contribution in [-0.4, -0.2) is 36.5 Å². The van der Waals surface area contributed by atoms with Gasteiger partial charge in [0.2, 0.25) is 0 Å². The Bertz CT molecular complexity index is 181. The van der Waals surface area contributed by atoms with Crippen molar-refractivity contribution in [3.05, 3.63) is 0 Å². The van der Waals surface area contributed by atoms with E-state index in [1.807, 2.05) is 0 Å². The molecule has 0 radical (unpaired) electrons. The summed E-state index contributed by atoms with van der Waals surface area (Å²) in [6.07, 6.45) is 1.78. The molecule has 0 aromatic heterocycles. The Morgan fingerprint density at radius 2 is 1.33 bits per heavy atom. The monoisotopic (exact) mass is 250 g/mol. The summed E-state index contributed by atoms with van der Waals surface area (Å²) in [5.41, 5.74) is 10.5. The van der Waals surface area contributed by atoms with Crippen LogP contribution in [-0.2, 0) is 4.74 Å². The molecule has 0 amide bonds. The molecule has 0 rings (SSSR count). The van der Waals surface area contributed by atoms with Crippen molar-refractivity contribution in [2.24, 2.45) is 11.5 Å². The topological polar surface area (TPSA) is 85.3 Å². The van der Waals surface area contributed by atoms with E-state index in [-0.39, 0.29) is 0 Å². The number of hydrogen-bond donors (Lipinski definition) is 4. The molecule has 15 heavy (non-hydrogen) atoms. The molecule has 0 heterocycles. The van der Waals surface area contributed by atoms with Gasteiger partial charge in [-0.2, -0.15) is 0 Å². The summed E-state index contributed by atoms with van der Waals surface area (Å²) in [6, 6.07) is 0. The van der Waals surface area contributed by atoms with Crippen molar-refractivity contribution in [1.29, 1.82) is 0 Å². The van der Waals surface area contributed by atoms with Gasteiger partial charge in [0, 0.05) is 26.3 Å². The van der Waals surface area contributed by atoms with E-state index in [0.717, 1.165) is 25.9 Å². The minimum absolute atomic E-state index is 0.329. The van der Waals surface area contributed by atoms with Crippen molar-refractivity contribution in [2.45, 2.75) is 12.8 Å². The van der Waals surface area contributed by atoms with E-state index >= 15 is 0 Å². The van der Waals surface area contributed by atoms with Crippen molar-refractivity contribution >= 4 is 34.7 Å². The number of thiocarbonyl (C=S) groups is 2. The minimum atomic E-state index is 0.329. The van der Waals surface area contributed by atoms with Crippen LogP contribution in [0.4, 0.5) is 0 Å². The summed E-state index contributed by atoms with van der Waals surface area (Å²) in [4.78, 5) is 0. The Morgan fingerprint density at radius 3 is 1.67 bits per heavy atom. The highest BCUT2D eigenvalue weighted by Crippen LogP contribution is 1.84. The van der Waals surface area contributed by atoms with Crippen LogP contribution in [0, 0.1) is 0 Å². The van der Waals surface area contributed by atoms with E-state index in [1.165, 1.54) is 0 Å². The van der Waals surface area contributed by atoms with Crippen LogP contribution in [0.15, 0.2) is 0 Å². The molecule has 0 saturated heterocycles. The van der Waals surface area contributed by atoms with E-state index in [1.54, 1.807) is 0 Å². The summed E-state index contributed by atoms with van der Waals surface area (Å²) in [5.74, 6) is 0. The van der Waals surface area contributed by atoms with Crippen LogP contribution in [0.1, 0.15) is 12.8 Å². The third-order valence-electron chi connectivity index (χ3n) is 1.53. The second-order valence-electron chi connectivity index (χ2n) is 2.90. The largest absolute Gasteiger partial charge is 0.381 e. The molecule has 0 atom stereocenters. The fourth-order valence-corrected chi connectivity index (χ4v) is 1.08. The Kier molecular flexibility index (Phi) is 9.44. The molecular weight excluding hydrogens is 232 g/mol. The van der Waals surface area contributed by atoms with Gasteiger partial charge in [-0.1, -0.05) is 0 Å². The number of rotatable bonds is 8. The molecule has 0 aromatic rings. The summed E-state index contributed by atoms with van der Waals surface area (Å²) in [5, 5.41) is 6.35.